The fourth-order valence-corrected chi connectivity index (χ4v) is 4.19. The maximum Gasteiger partial charge on any atom is 0.157 e. The summed E-state index contributed by atoms with van der Waals surface area (Å²) in [5, 5.41) is 0. The van der Waals surface area contributed by atoms with Crippen LogP contribution in [0, 0.1) is 0 Å². The van der Waals surface area contributed by atoms with Gasteiger partial charge in [0.1, 0.15) is 0 Å². The number of hydrogen-bond acceptors (Lipinski definition) is 3. The summed E-state index contributed by atoms with van der Waals surface area (Å²) in [7, 11) is 0. The summed E-state index contributed by atoms with van der Waals surface area (Å²) in [6.45, 7) is 10.4. The minimum atomic E-state index is 0.0249. The molecule has 0 heterocycles. The average Bonchev–Trinajstić information content (AvgIpc) is 2.83. The van der Waals surface area contributed by atoms with E-state index in [9.17, 15) is 0 Å². The Labute approximate surface area is 209 Å². The monoisotopic (exact) mass is 470 g/mol. The Bertz CT molecular complexity index is 323. The molecule has 0 fully saturated rings. The lowest BCUT2D eigenvalue weighted by Gasteiger charge is -2.18. The number of rotatable bonds is 29. The van der Waals surface area contributed by atoms with E-state index < -0.39 is 0 Å². The van der Waals surface area contributed by atoms with Gasteiger partial charge < -0.3 is 14.2 Å². The molecule has 0 aliphatic carbocycles. The van der Waals surface area contributed by atoms with Crippen molar-refractivity contribution in [3.8, 4) is 0 Å². The van der Waals surface area contributed by atoms with Crippen LogP contribution in [-0.2, 0) is 14.2 Å². The van der Waals surface area contributed by atoms with Gasteiger partial charge in [0.25, 0.3) is 0 Å². The normalized spacial score (nSPS) is 11.6. The Kier molecular flexibility index (Phi) is 29.8. The van der Waals surface area contributed by atoms with Crippen molar-refractivity contribution in [3.63, 3.8) is 0 Å². The van der Waals surface area contributed by atoms with Crippen molar-refractivity contribution in [2.75, 3.05) is 26.4 Å². The number of ether oxygens (including phenoxy) is 3. The molecule has 0 saturated carbocycles. The molecule has 0 unspecified atom stereocenters. The molecule has 0 aromatic heterocycles. The summed E-state index contributed by atoms with van der Waals surface area (Å²) >= 11 is 0. The summed E-state index contributed by atoms with van der Waals surface area (Å²) in [6.07, 6.45) is 28.6. The van der Waals surface area contributed by atoms with Gasteiger partial charge in [-0.15, -0.1) is 0 Å². The lowest BCUT2D eigenvalue weighted by molar-refractivity contribution is -0.148. The van der Waals surface area contributed by atoms with Crippen LogP contribution < -0.4 is 0 Å². The first kappa shape index (κ1) is 32.9. The van der Waals surface area contributed by atoms with Crippen LogP contribution in [0.1, 0.15) is 162 Å². The lowest BCUT2D eigenvalue weighted by atomic mass is 10.1. The van der Waals surface area contributed by atoms with E-state index in [1.54, 1.807) is 0 Å². The van der Waals surface area contributed by atoms with Gasteiger partial charge in [-0.05, 0) is 38.5 Å². The molecule has 0 radical (unpaired) electrons. The molecule has 3 heteroatoms. The van der Waals surface area contributed by atoms with Crippen LogP contribution in [0.25, 0.3) is 0 Å². The Balaban J connectivity index is 3.42. The second kappa shape index (κ2) is 29.9. The molecule has 0 aliphatic rings. The molecule has 0 aliphatic heterocycles. The van der Waals surface area contributed by atoms with Crippen LogP contribution in [0.4, 0.5) is 0 Å². The molecule has 0 amide bonds. The van der Waals surface area contributed by atoms with Gasteiger partial charge in [-0.25, -0.2) is 0 Å². The highest BCUT2D eigenvalue weighted by Gasteiger charge is 2.09. The molecule has 0 aromatic rings. The van der Waals surface area contributed by atoms with Crippen LogP contribution in [0.3, 0.4) is 0 Å². The molecule has 200 valence electrons. The predicted molar refractivity (Wildman–Crippen MR) is 145 cm³/mol. The maximum absolute atomic E-state index is 6.02. The van der Waals surface area contributed by atoms with Gasteiger partial charge in [0.05, 0.1) is 0 Å². The zero-order chi connectivity index (χ0) is 24.1. The highest BCUT2D eigenvalue weighted by Crippen LogP contribution is 2.14. The minimum absolute atomic E-state index is 0.0249. The molecule has 0 atom stereocenters. The summed E-state index contributed by atoms with van der Waals surface area (Å²) in [4.78, 5) is 0. The lowest BCUT2D eigenvalue weighted by Crippen LogP contribution is -2.19. The Morgan fingerprint density at radius 1 is 0.364 bits per heavy atom. The molecule has 0 bridgehead atoms. The Morgan fingerprint density at radius 3 is 1.15 bits per heavy atom. The largest absolute Gasteiger partial charge is 0.381 e. The topological polar surface area (TPSA) is 27.7 Å². The van der Waals surface area contributed by atoms with Crippen molar-refractivity contribution in [3.05, 3.63) is 0 Å². The zero-order valence-electron chi connectivity index (χ0n) is 23.2. The first-order chi connectivity index (χ1) is 16.3. The molecule has 0 rings (SSSR count). The molecule has 0 aromatic carbocycles. The number of unbranched alkanes of at least 4 members (excludes halogenated alkanes) is 17. The SMILES string of the molecule is CCCCCCCCCCOCCCCCCCCCC(OCCCCC)OCCCCC. The summed E-state index contributed by atoms with van der Waals surface area (Å²) in [6, 6.07) is 0. The molecule has 3 nitrogen and oxygen atoms in total. The highest BCUT2D eigenvalue weighted by atomic mass is 16.7. The van der Waals surface area contributed by atoms with Crippen LogP contribution in [0.2, 0.25) is 0 Å². The van der Waals surface area contributed by atoms with E-state index in [0.717, 1.165) is 45.7 Å². The van der Waals surface area contributed by atoms with E-state index in [0.29, 0.717) is 0 Å². The van der Waals surface area contributed by atoms with Gasteiger partial charge in [0.2, 0.25) is 0 Å². The van der Waals surface area contributed by atoms with Gasteiger partial charge in [0.15, 0.2) is 6.29 Å². The van der Waals surface area contributed by atoms with Gasteiger partial charge in [0, 0.05) is 26.4 Å². The van der Waals surface area contributed by atoms with E-state index >= 15 is 0 Å². The van der Waals surface area contributed by atoms with Crippen LogP contribution in [0.15, 0.2) is 0 Å². The van der Waals surface area contributed by atoms with E-state index in [4.69, 9.17) is 14.2 Å². The third kappa shape index (κ3) is 28.0. The molecule has 0 saturated heterocycles. The zero-order valence-corrected chi connectivity index (χ0v) is 23.2. The van der Waals surface area contributed by atoms with Crippen molar-refractivity contribution in [1.29, 1.82) is 0 Å². The predicted octanol–water partition coefficient (Wildman–Crippen LogP) is 10.0. The van der Waals surface area contributed by atoms with Crippen molar-refractivity contribution in [2.24, 2.45) is 0 Å². The van der Waals surface area contributed by atoms with Crippen molar-refractivity contribution >= 4 is 0 Å². The van der Waals surface area contributed by atoms with Crippen molar-refractivity contribution < 1.29 is 14.2 Å². The summed E-state index contributed by atoms with van der Waals surface area (Å²) in [5.74, 6) is 0. The molecular formula is C30H62O3. The summed E-state index contributed by atoms with van der Waals surface area (Å²) in [5.41, 5.74) is 0. The Hall–Kier alpha value is -0.120. The standard InChI is InChI=1S/C30H62O3/c1-4-7-10-11-12-15-18-23-26-31-27-24-19-16-13-14-17-20-25-30(32-28-21-8-5-2)33-29-22-9-6-3/h30H,4-29H2,1-3H3. The maximum atomic E-state index is 6.02. The molecule has 0 spiro atoms. The van der Waals surface area contributed by atoms with Crippen LogP contribution >= 0.6 is 0 Å². The van der Waals surface area contributed by atoms with E-state index in [1.165, 1.54) is 122 Å². The van der Waals surface area contributed by atoms with E-state index in [2.05, 4.69) is 20.8 Å². The van der Waals surface area contributed by atoms with Crippen LogP contribution in [-0.4, -0.2) is 32.7 Å². The molecule has 0 N–H and O–H groups in total. The van der Waals surface area contributed by atoms with Crippen molar-refractivity contribution in [1.82, 2.24) is 0 Å². The van der Waals surface area contributed by atoms with Gasteiger partial charge in [-0.1, -0.05) is 124 Å². The van der Waals surface area contributed by atoms with Gasteiger partial charge in [-0.3, -0.25) is 0 Å². The molecular weight excluding hydrogens is 408 g/mol. The first-order valence-corrected chi connectivity index (χ1v) is 15.2. The van der Waals surface area contributed by atoms with Gasteiger partial charge >= 0.3 is 0 Å². The van der Waals surface area contributed by atoms with E-state index in [-0.39, 0.29) is 6.29 Å². The van der Waals surface area contributed by atoms with E-state index in [1.807, 2.05) is 0 Å². The fourth-order valence-electron chi connectivity index (χ4n) is 4.19. The van der Waals surface area contributed by atoms with Crippen molar-refractivity contribution in [2.45, 2.75) is 168 Å². The second-order valence-electron chi connectivity index (χ2n) is 9.94. The minimum Gasteiger partial charge on any atom is -0.381 e. The third-order valence-corrected chi connectivity index (χ3v) is 6.47. The van der Waals surface area contributed by atoms with Gasteiger partial charge in [-0.2, -0.15) is 0 Å². The average molecular weight is 471 g/mol. The second-order valence-corrected chi connectivity index (χ2v) is 9.94. The quantitative estimate of drug-likeness (QED) is 0.0803. The summed E-state index contributed by atoms with van der Waals surface area (Å²) < 4.78 is 17.9. The van der Waals surface area contributed by atoms with Crippen LogP contribution in [0.5, 0.6) is 0 Å². The Morgan fingerprint density at radius 2 is 0.697 bits per heavy atom. The smallest absolute Gasteiger partial charge is 0.157 e. The third-order valence-electron chi connectivity index (χ3n) is 6.47. The fraction of sp³-hybridized carbons (Fsp3) is 1.00. The highest BCUT2D eigenvalue weighted by molar-refractivity contribution is 4.52. The number of hydrogen-bond donors (Lipinski definition) is 0. The first-order valence-electron chi connectivity index (χ1n) is 15.2. The molecule has 33 heavy (non-hydrogen) atoms.